The summed E-state index contributed by atoms with van der Waals surface area (Å²) in [6.07, 6.45) is 1.61. The van der Waals surface area contributed by atoms with Crippen molar-refractivity contribution in [2.45, 2.75) is 19.6 Å². The highest BCUT2D eigenvalue weighted by Crippen LogP contribution is 2.30. The lowest BCUT2D eigenvalue weighted by molar-refractivity contribution is -0.117. The van der Waals surface area contributed by atoms with E-state index in [0.717, 1.165) is 29.6 Å². The molecule has 0 unspecified atom stereocenters. The van der Waals surface area contributed by atoms with E-state index < -0.39 is 5.91 Å². The van der Waals surface area contributed by atoms with Crippen LogP contribution in [-0.4, -0.2) is 5.91 Å². The zero-order chi connectivity index (χ0) is 23.1. The van der Waals surface area contributed by atoms with Crippen molar-refractivity contribution in [2.24, 2.45) is 0 Å². The standard InChI is InChI=1S/C25H19I3N2O2/c1-16(19-5-3-2-4-6-19)30-25(31)20(14-29)11-18-12-22(27)24(23(28)13-18)32-15-17-7-9-21(26)10-8-17/h2-13,16H,15H2,1H3,(H,30,31)/b20-11-/t16-/m0/s1. The summed E-state index contributed by atoms with van der Waals surface area (Å²) >= 11 is 6.72. The van der Waals surface area contributed by atoms with Crippen molar-refractivity contribution in [3.63, 3.8) is 0 Å². The summed E-state index contributed by atoms with van der Waals surface area (Å²) in [7, 11) is 0. The Morgan fingerprint density at radius 3 is 2.28 bits per heavy atom. The molecule has 0 aromatic heterocycles. The number of carbonyl (C=O) groups excluding carboxylic acids is 1. The van der Waals surface area contributed by atoms with Gasteiger partial charge in [-0.05, 0) is 122 Å². The minimum Gasteiger partial charge on any atom is -0.487 e. The molecule has 0 fully saturated rings. The van der Waals surface area contributed by atoms with Crippen molar-refractivity contribution < 1.29 is 9.53 Å². The van der Waals surface area contributed by atoms with E-state index in [0.29, 0.717) is 6.61 Å². The zero-order valence-corrected chi connectivity index (χ0v) is 23.6. The van der Waals surface area contributed by atoms with Gasteiger partial charge in [0.1, 0.15) is 24.0 Å². The number of halogens is 3. The molecule has 1 atom stereocenters. The smallest absolute Gasteiger partial charge is 0.262 e. The maximum atomic E-state index is 12.7. The van der Waals surface area contributed by atoms with Crippen LogP contribution in [0.3, 0.4) is 0 Å². The number of ether oxygens (including phenoxy) is 1. The Hall–Kier alpha value is -1.65. The minimum absolute atomic E-state index is 0.0620. The number of benzene rings is 3. The van der Waals surface area contributed by atoms with Crippen molar-refractivity contribution in [1.82, 2.24) is 5.32 Å². The van der Waals surface area contributed by atoms with Gasteiger partial charge in [-0.3, -0.25) is 4.79 Å². The second-order valence-corrected chi connectivity index (χ2v) is 10.6. The molecule has 0 saturated heterocycles. The van der Waals surface area contributed by atoms with Gasteiger partial charge in [0.25, 0.3) is 5.91 Å². The molecule has 7 heteroatoms. The predicted molar refractivity (Wildman–Crippen MR) is 152 cm³/mol. The molecule has 0 spiro atoms. The fraction of sp³-hybridized carbons (Fsp3) is 0.120. The van der Waals surface area contributed by atoms with Crippen molar-refractivity contribution >= 4 is 79.8 Å². The first-order valence-electron chi connectivity index (χ1n) is 9.71. The Morgan fingerprint density at radius 2 is 1.69 bits per heavy atom. The molecule has 0 bridgehead atoms. The van der Waals surface area contributed by atoms with E-state index in [-0.39, 0.29) is 11.6 Å². The number of amides is 1. The van der Waals surface area contributed by atoms with Crippen LogP contribution in [0.2, 0.25) is 0 Å². The van der Waals surface area contributed by atoms with Gasteiger partial charge in [0.15, 0.2) is 0 Å². The van der Waals surface area contributed by atoms with Crippen LogP contribution in [0, 0.1) is 22.0 Å². The van der Waals surface area contributed by atoms with E-state index in [1.807, 2.05) is 67.6 Å². The van der Waals surface area contributed by atoms with Gasteiger partial charge in [-0.25, -0.2) is 0 Å². The third-order valence-corrected chi connectivity index (χ3v) is 6.96. The fourth-order valence-electron chi connectivity index (χ4n) is 2.95. The predicted octanol–water partition coefficient (Wildman–Crippen LogP) is 6.86. The summed E-state index contributed by atoms with van der Waals surface area (Å²) in [4.78, 5) is 12.7. The summed E-state index contributed by atoms with van der Waals surface area (Å²) in [6.45, 7) is 2.37. The summed E-state index contributed by atoms with van der Waals surface area (Å²) in [6, 6.07) is 23.5. The number of hydrogen-bond donors (Lipinski definition) is 1. The number of hydrogen-bond acceptors (Lipinski definition) is 3. The third kappa shape index (κ3) is 6.92. The number of nitrogens with zero attached hydrogens (tertiary/aromatic N) is 1. The van der Waals surface area contributed by atoms with Gasteiger partial charge in [0.2, 0.25) is 0 Å². The summed E-state index contributed by atoms with van der Waals surface area (Å²) in [5, 5.41) is 12.4. The lowest BCUT2D eigenvalue weighted by Crippen LogP contribution is -2.27. The number of nitriles is 1. The fourth-order valence-corrected chi connectivity index (χ4v) is 5.44. The van der Waals surface area contributed by atoms with Crippen LogP contribution >= 0.6 is 67.8 Å². The van der Waals surface area contributed by atoms with Crippen LogP contribution in [-0.2, 0) is 11.4 Å². The van der Waals surface area contributed by atoms with E-state index >= 15 is 0 Å². The first kappa shape index (κ1) is 25.0. The minimum atomic E-state index is -0.395. The van der Waals surface area contributed by atoms with Crippen LogP contribution in [0.5, 0.6) is 5.75 Å². The van der Waals surface area contributed by atoms with Crippen LogP contribution in [0.4, 0.5) is 0 Å². The maximum absolute atomic E-state index is 12.7. The molecule has 0 aliphatic rings. The molecule has 1 N–H and O–H groups in total. The van der Waals surface area contributed by atoms with Gasteiger partial charge in [0, 0.05) is 3.57 Å². The second kappa shape index (κ2) is 12.0. The van der Waals surface area contributed by atoms with Gasteiger partial charge in [0.05, 0.1) is 13.2 Å². The maximum Gasteiger partial charge on any atom is 0.262 e. The number of rotatable bonds is 7. The Balaban J connectivity index is 1.74. The van der Waals surface area contributed by atoms with E-state index in [2.05, 4.69) is 85.2 Å². The topological polar surface area (TPSA) is 62.1 Å². The van der Waals surface area contributed by atoms with E-state index in [9.17, 15) is 10.1 Å². The average molecular weight is 760 g/mol. The van der Waals surface area contributed by atoms with E-state index in [1.54, 1.807) is 6.08 Å². The SMILES string of the molecule is C[C@H](NC(=O)/C(C#N)=C\c1cc(I)c(OCc2ccc(I)cc2)c(I)c1)c1ccccc1. The second-order valence-electron chi connectivity index (χ2n) is 7.00. The average Bonchev–Trinajstić information content (AvgIpc) is 2.78. The molecule has 0 aliphatic carbocycles. The molecular formula is C25H19I3N2O2. The van der Waals surface area contributed by atoms with Crippen molar-refractivity contribution in [1.29, 1.82) is 5.26 Å². The van der Waals surface area contributed by atoms with Crippen LogP contribution in [0.1, 0.15) is 29.7 Å². The van der Waals surface area contributed by atoms with E-state index in [1.165, 1.54) is 3.57 Å². The van der Waals surface area contributed by atoms with Gasteiger partial charge >= 0.3 is 0 Å². The molecule has 0 heterocycles. The molecule has 0 saturated carbocycles. The molecule has 3 rings (SSSR count). The first-order chi connectivity index (χ1) is 15.4. The highest BCUT2D eigenvalue weighted by atomic mass is 127. The molecule has 162 valence electrons. The molecular weight excluding hydrogens is 741 g/mol. The Bertz CT molecular complexity index is 1150. The Labute approximate surface area is 228 Å². The summed E-state index contributed by atoms with van der Waals surface area (Å²) in [5.41, 5.74) is 2.92. The lowest BCUT2D eigenvalue weighted by atomic mass is 10.1. The Morgan fingerprint density at radius 1 is 1.06 bits per heavy atom. The van der Waals surface area contributed by atoms with Crippen LogP contribution in [0.15, 0.2) is 72.3 Å². The van der Waals surface area contributed by atoms with Crippen molar-refractivity contribution in [3.8, 4) is 11.8 Å². The summed E-state index contributed by atoms with van der Waals surface area (Å²) in [5.74, 6) is 0.399. The lowest BCUT2D eigenvalue weighted by Gasteiger charge is -2.14. The first-order valence-corrected chi connectivity index (χ1v) is 12.9. The van der Waals surface area contributed by atoms with Crippen LogP contribution < -0.4 is 10.1 Å². The molecule has 32 heavy (non-hydrogen) atoms. The third-order valence-electron chi connectivity index (χ3n) is 4.64. The Kier molecular flexibility index (Phi) is 9.36. The van der Waals surface area contributed by atoms with E-state index in [4.69, 9.17) is 4.74 Å². The largest absolute Gasteiger partial charge is 0.487 e. The molecule has 0 radical (unpaired) electrons. The number of nitrogens with one attached hydrogen (secondary N) is 1. The molecule has 3 aromatic rings. The molecule has 4 nitrogen and oxygen atoms in total. The normalized spacial score (nSPS) is 12.0. The van der Waals surface area contributed by atoms with Gasteiger partial charge in [-0.2, -0.15) is 5.26 Å². The molecule has 1 amide bonds. The molecule has 0 aliphatic heterocycles. The van der Waals surface area contributed by atoms with Gasteiger partial charge < -0.3 is 10.1 Å². The highest BCUT2D eigenvalue weighted by Gasteiger charge is 2.15. The number of carbonyl (C=O) groups is 1. The quantitative estimate of drug-likeness (QED) is 0.163. The highest BCUT2D eigenvalue weighted by molar-refractivity contribution is 14.1. The van der Waals surface area contributed by atoms with Gasteiger partial charge in [-0.15, -0.1) is 0 Å². The van der Waals surface area contributed by atoms with Crippen LogP contribution in [0.25, 0.3) is 6.08 Å². The summed E-state index contributed by atoms with van der Waals surface area (Å²) < 4.78 is 9.07. The van der Waals surface area contributed by atoms with Crippen molar-refractivity contribution in [3.05, 3.63) is 99.7 Å². The van der Waals surface area contributed by atoms with Gasteiger partial charge in [-0.1, -0.05) is 42.5 Å². The molecule has 3 aromatic carbocycles. The van der Waals surface area contributed by atoms with Crippen molar-refractivity contribution in [2.75, 3.05) is 0 Å². The zero-order valence-electron chi connectivity index (χ0n) is 17.1. The monoisotopic (exact) mass is 760 g/mol.